The molecule has 0 aliphatic heterocycles. The molecule has 7 heteroatoms. The summed E-state index contributed by atoms with van der Waals surface area (Å²) in [5, 5.41) is 9.22. The number of hydrogen-bond donors (Lipinski definition) is 2. The molecule has 2 heterocycles. The minimum absolute atomic E-state index is 0.292. The van der Waals surface area contributed by atoms with Crippen LogP contribution in [-0.4, -0.2) is 30.3 Å². The van der Waals surface area contributed by atoms with Gasteiger partial charge in [-0.05, 0) is 19.8 Å². The maximum Gasteiger partial charge on any atom is 0.329 e. The minimum Gasteiger partial charge on any atom is -0.393 e. The molecule has 0 unspecified atom stereocenters. The van der Waals surface area contributed by atoms with Gasteiger partial charge in [0.05, 0.1) is 6.10 Å². The van der Waals surface area contributed by atoms with Crippen LogP contribution in [0, 0.1) is 0 Å². The fourth-order valence-electron chi connectivity index (χ4n) is 2.30. The second kappa shape index (κ2) is 5.62. The Morgan fingerprint density at radius 1 is 1.25 bits per heavy atom. The standard InChI is InChI=1S/C13H20N4O3/c1-8(18)6-4-5-7-9-14-11-10(16(9)2)12(19)15-13(20)17(11)3/h8,18H,4-7H2,1-3H3,(H,15,19,20)/t8-/m1/s1. The zero-order valence-corrected chi connectivity index (χ0v) is 12.0. The van der Waals surface area contributed by atoms with E-state index < -0.39 is 11.2 Å². The molecule has 0 bridgehead atoms. The Morgan fingerprint density at radius 3 is 2.60 bits per heavy atom. The summed E-state index contributed by atoms with van der Waals surface area (Å²) in [5.41, 5.74) is -0.0426. The third-order valence-electron chi connectivity index (χ3n) is 3.50. The van der Waals surface area contributed by atoms with Crippen molar-refractivity contribution in [1.82, 2.24) is 19.1 Å². The highest BCUT2D eigenvalue weighted by atomic mass is 16.3. The van der Waals surface area contributed by atoms with E-state index in [-0.39, 0.29) is 6.10 Å². The zero-order chi connectivity index (χ0) is 14.9. The smallest absolute Gasteiger partial charge is 0.329 e. The van der Waals surface area contributed by atoms with Gasteiger partial charge in [-0.1, -0.05) is 6.42 Å². The number of nitrogens with one attached hydrogen (secondary N) is 1. The minimum atomic E-state index is -0.457. The summed E-state index contributed by atoms with van der Waals surface area (Å²) in [6.45, 7) is 1.77. The number of rotatable bonds is 5. The van der Waals surface area contributed by atoms with Crippen molar-refractivity contribution in [2.45, 2.75) is 38.7 Å². The van der Waals surface area contributed by atoms with Crippen molar-refractivity contribution in [2.75, 3.05) is 0 Å². The maximum atomic E-state index is 11.8. The van der Waals surface area contributed by atoms with Gasteiger partial charge in [0, 0.05) is 20.5 Å². The van der Waals surface area contributed by atoms with Crippen LogP contribution in [-0.2, 0) is 20.5 Å². The molecule has 0 aromatic carbocycles. The zero-order valence-electron chi connectivity index (χ0n) is 12.0. The van der Waals surface area contributed by atoms with E-state index in [0.29, 0.717) is 17.6 Å². The molecule has 0 saturated carbocycles. The fraction of sp³-hybridized carbons (Fsp3) is 0.615. The van der Waals surface area contributed by atoms with E-state index in [1.54, 1.807) is 25.6 Å². The average Bonchev–Trinajstić information content (AvgIpc) is 2.70. The van der Waals surface area contributed by atoms with Crippen LogP contribution in [0.25, 0.3) is 11.2 Å². The van der Waals surface area contributed by atoms with E-state index in [2.05, 4.69) is 9.97 Å². The highest BCUT2D eigenvalue weighted by Crippen LogP contribution is 2.12. The molecule has 2 aromatic heterocycles. The van der Waals surface area contributed by atoms with Gasteiger partial charge in [0.2, 0.25) is 0 Å². The second-order valence-electron chi connectivity index (χ2n) is 5.17. The molecule has 110 valence electrons. The van der Waals surface area contributed by atoms with Crippen LogP contribution < -0.4 is 11.2 Å². The third-order valence-corrected chi connectivity index (χ3v) is 3.50. The number of unbranched alkanes of at least 4 members (excludes halogenated alkanes) is 1. The predicted molar refractivity (Wildman–Crippen MR) is 75.8 cm³/mol. The predicted octanol–water partition coefficient (Wildman–Crippen LogP) is 0.0539. The average molecular weight is 280 g/mol. The van der Waals surface area contributed by atoms with Gasteiger partial charge in [0.25, 0.3) is 5.56 Å². The van der Waals surface area contributed by atoms with Crippen molar-refractivity contribution in [3.8, 4) is 0 Å². The molecule has 1 atom stereocenters. The van der Waals surface area contributed by atoms with Gasteiger partial charge in [0.15, 0.2) is 11.2 Å². The lowest BCUT2D eigenvalue weighted by Gasteiger charge is -2.04. The number of aromatic nitrogens is 4. The van der Waals surface area contributed by atoms with Gasteiger partial charge in [-0.3, -0.25) is 14.3 Å². The van der Waals surface area contributed by atoms with Gasteiger partial charge >= 0.3 is 5.69 Å². The summed E-state index contributed by atoms with van der Waals surface area (Å²) in [5.74, 6) is 0.775. The van der Waals surface area contributed by atoms with Gasteiger partial charge < -0.3 is 9.67 Å². The van der Waals surface area contributed by atoms with Crippen LogP contribution in [0.15, 0.2) is 9.59 Å². The summed E-state index contributed by atoms with van der Waals surface area (Å²) in [4.78, 5) is 30.1. The van der Waals surface area contributed by atoms with Crippen LogP contribution in [0.2, 0.25) is 0 Å². The van der Waals surface area contributed by atoms with Crippen LogP contribution >= 0.6 is 0 Å². The van der Waals surface area contributed by atoms with Gasteiger partial charge in [0.1, 0.15) is 5.82 Å². The number of aromatic amines is 1. The first kappa shape index (κ1) is 14.5. The first-order valence-corrected chi connectivity index (χ1v) is 6.74. The highest BCUT2D eigenvalue weighted by molar-refractivity contribution is 5.70. The van der Waals surface area contributed by atoms with E-state index in [0.717, 1.165) is 25.1 Å². The van der Waals surface area contributed by atoms with Crippen molar-refractivity contribution < 1.29 is 5.11 Å². The normalized spacial score (nSPS) is 13.0. The topological polar surface area (TPSA) is 92.9 Å². The van der Waals surface area contributed by atoms with Crippen molar-refractivity contribution in [2.24, 2.45) is 14.1 Å². The lowest BCUT2D eigenvalue weighted by atomic mass is 10.1. The Balaban J connectivity index is 2.30. The number of hydrogen-bond acceptors (Lipinski definition) is 4. The fourth-order valence-corrected chi connectivity index (χ4v) is 2.30. The number of imidazole rings is 1. The van der Waals surface area contributed by atoms with E-state index in [4.69, 9.17) is 0 Å². The molecule has 7 nitrogen and oxygen atoms in total. The molecule has 2 aromatic rings. The molecule has 0 spiro atoms. The second-order valence-corrected chi connectivity index (χ2v) is 5.17. The maximum absolute atomic E-state index is 11.8. The SMILES string of the molecule is C[C@@H](O)CCCCc1nc2c(c(=O)[nH]c(=O)n2C)n1C. The third kappa shape index (κ3) is 2.67. The molecule has 0 aliphatic carbocycles. The number of aliphatic hydroxyl groups excluding tert-OH is 1. The summed E-state index contributed by atoms with van der Waals surface area (Å²) in [6, 6.07) is 0. The highest BCUT2D eigenvalue weighted by Gasteiger charge is 2.14. The van der Waals surface area contributed by atoms with Crippen molar-refractivity contribution >= 4 is 11.2 Å². The molecule has 0 radical (unpaired) electrons. The molecule has 0 fully saturated rings. The quantitative estimate of drug-likeness (QED) is 0.757. The van der Waals surface area contributed by atoms with Crippen LogP contribution in [0.1, 0.15) is 32.0 Å². The first-order chi connectivity index (χ1) is 9.41. The van der Waals surface area contributed by atoms with E-state index in [9.17, 15) is 14.7 Å². The molecular weight excluding hydrogens is 260 g/mol. The molecule has 0 aliphatic rings. The van der Waals surface area contributed by atoms with Gasteiger partial charge in [-0.25, -0.2) is 9.78 Å². The monoisotopic (exact) mass is 280 g/mol. The van der Waals surface area contributed by atoms with Crippen molar-refractivity contribution in [3.05, 3.63) is 26.7 Å². The van der Waals surface area contributed by atoms with Gasteiger partial charge in [-0.2, -0.15) is 0 Å². The van der Waals surface area contributed by atoms with E-state index >= 15 is 0 Å². The van der Waals surface area contributed by atoms with E-state index in [1.807, 2.05) is 0 Å². The largest absolute Gasteiger partial charge is 0.393 e. The number of aryl methyl sites for hydroxylation is 3. The number of nitrogens with zero attached hydrogens (tertiary/aromatic N) is 3. The molecule has 2 rings (SSSR count). The number of fused-ring (bicyclic) bond motifs is 1. The summed E-state index contributed by atoms with van der Waals surface area (Å²) in [6.07, 6.45) is 2.96. The lowest BCUT2D eigenvalue weighted by Crippen LogP contribution is -2.29. The van der Waals surface area contributed by atoms with Crippen molar-refractivity contribution in [3.63, 3.8) is 0 Å². The Hall–Kier alpha value is -1.89. The Morgan fingerprint density at radius 2 is 1.95 bits per heavy atom. The van der Waals surface area contributed by atoms with Gasteiger partial charge in [-0.15, -0.1) is 0 Å². The molecule has 2 N–H and O–H groups in total. The molecule has 20 heavy (non-hydrogen) atoms. The van der Waals surface area contributed by atoms with Crippen LogP contribution in [0.3, 0.4) is 0 Å². The number of H-pyrrole nitrogens is 1. The van der Waals surface area contributed by atoms with Crippen molar-refractivity contribution in [1.29, 1.82) is 0 Å². The molecule has 0 amide bonds. The molecule has 0 saturated heterocycles. The summed E-state index contributed by atoms with van der Waals surface area (Å²) in [7, 11) is 3.36. The summed E-state index contributed by atoms with van der Waals surface area (Å²) >= 11 is 0. The number of aliphatic hydroxyl groups is 1. The van der Waals surface area contributed by atoms with E-state index in [1.165, 1.54) is 4.57 Å². The molecular formula is C13H20N4O3. The summed E-state index contributed by atoms with van der Waals surface area (Å²) < 4.78 is 3.08. The Bertz CT molecular complexity index is 724. The van der Waals surface area contributed by atoms with Crippen LogP contribution in [0.4, 0.5) is 0 Å². The first-order valence-electron chi connectivity index (χ1n) is 6.74. The Labute approximate surface area is 115 Å². The lowest BCUT2D eigenvalue weighted by molar-refractivity contribution is 0.180. The Kier molecular flexibility index (Phi) is 4.08. The van der Waals surface area contributed by atoms with Crippen LogP contribution in [0.5, 0.6) is 0 Å².